The van der Waals surface area contributed by atoms with Crippen LogP contribution < -0.4 is 22.1 Å². The fourth-order valence-electron chi connectivity index (χ4n) is 3.19. The molecule has 0 radical (unpaired) electrons. The third-order valence-electron chi connectivity index (χ3n) is 4.85. The minimum Gasteiger partial charge on any atom is -0.467 e. The quantitative estimate of drug-likeness (QED) is 0.101. The third-order valence-corrected chi connectivity index (χ3v) is 5.29. The van der Waals surface area contributed by atoms with E-state index < -0.39 is 12.0 Å². The van der Waals surface area contributed by atoms with Crippen molar-refractivity contribution in [3.8, 4) is 11.3 Å². The van der Waals surface area contributed by atoms with E-state index in [1.807, 2.05) is 31.2 Å². The van der Waals surface area contributed by atoms with Crippen molar-refractivity contribution in [2.45, 2.75) is 32.2 Å². The van der Waals surface area contributed by atoms with Gasteiger partial charge in [0.2, 0.25) is 5.91 Å². The molecule has 194 valence electrons. The average molecular weight is 536 g/mol. The molecule has 0 spiro atoms. The number of anilines is 1. The maximum atomic E-state index is 12.5. The lowest BCUT2D eigenvalue weighted by molar-refractivity contribution is -0.145. The van der Waals surface area contributed by atoms with Crippen molar-refractivity contribution >= 4 is 53.1 Å². The predicted octanol–water partition coefficient (Wildman–Crippen LogP) is 3.42. The molecular formula is C24H31Cl2N7O3. The Labute approximate surface area is 220 Å². The number of carbonyl (C=O) groups excluding carboxylic acids is 2. The van der Waals surface area contributed by atoms with Crippen LogP contribution in [0.1, 0.15) is 26.2 Å². The summed E-state index contributed by atoms with van der Waals surface area (Å²) >= 11 is 12.3. The summed E-state index contributed by atoms with van der Waals surface area (Å²) in [5.74, 6) is -0.201. The minimum atomic E-state index is -0.787. The summed E-state index contributed by atoms with van der Waals surface area (Å²) in [5, 5.41) is 11.5. The molecule has 0 saturated carbocycles. The first-order chi connectivity index (χ1) is 17.2. The topological polar surface area (TPSA) is 150 Å². The number of aliphatic imine (C=N–C) groups is 1. The van der Waals surface area contributed by atoms with E-state index in [2.05, 4.69) is 20.7 Å². The summed E-state index contributed by atoms with van der Waals surface area (Å²) in [4.78, 5) is 28.4. The lowest BCUT2D eigenvalue weighted by Gasteiger charge is -2.16. The Hall–Kier alpha value is -3.50. The molecule has 10 nitrogen and oxygen atoms in total. The molecule has 0 bridgehead atoms. The van der Waals surface area contributed by atoms with Crippen LogP contribution in [0.25, 0.3) is 17.5 Å². The van der Waals surface area contributed by atoms with Crippen molar-refractivity contribution < 1.29 is 14.3 Å². The Morgan fingerprint density at radius 1 is 1.19 bits per heavy atom. The molecule has 0 aliphatic carbocycles. The molecule has 1 heterocycles. The van der Waals surface area contributed by atoms with Crippen molar-refractivity contribution in [2.75, 3.05) is 25.5 Å². The maximum absolute atomic E-state index is 12.5. The van der Waals surface area contributed by atoms with Gasteiger partial charge in [-0.2, -0.15) is 5.10 Å². The van der Waals surface area contributed by atoms with E-state index >= 15 is 0 Å². The Balaban J connectivity index is 2.05. The van der Waals surface area contributed by atoms with Crippen LogP contribution in [0.4, 0.5) is 5.82 Å². The van der Waals surface area contributed by atoms with Gasteiger partial charge in [0, 0.05) is 47.4 Å². The fraction of sp³-hybridized carbons (Fsp3) is 0.333. The number of allylic oxidation sites excluding steroid dienone is 3. The first kappa shape index (κ1) is 28.7. The van der Waals surface area contributed by atoms with Crippen LogP contribution in [0.15, 0.2) is 47.5 Å². The zero-order valence-corrected chi connectivity index (χ0v) is 21.7. The van der Waals surface area contributed by atoms with Crippen LogP contribution in [-0.4, -0.2) is 53.9 Å². The van der Waals surface area contributed by atoms with Crippen molar-refractivity contribution in [3.05, 3.63) is 52.5 Å². The maximum Gasteiger partial charge on any atom is 0.328 e. The van der Waals surface area contributed by atoms with Gasteiger partial charge >= 0.3 is 5.97 Å². The van der Waals surface area contributed by atoms with Crippen LogP contribution >= 0.6 is 23.2 Å². The van der Waals surface area contributed by atoms with Crippen molar-refractivity contribution in [1.29, 1.82) is 0 Å². The number of hydrogen-bond donors (Lipinski definition) is 4. The highest BCUT2D eigenvalue weighted by molar-refractivity contribution is 6.35. The monoisotopic (exact) mass is 535 g/mol. The van der Waals surface area contributed by atoms with Gasteiger partial charge < -0.3 is 26.8 Å². The average Bonchev–Trinajstić information content (AvgIpc) is 3.23. The minimum absolute atomic E-state index is 0.0267. The zero-order valence-electron chi connectivity index (χ0n) is 20.2. The number of amides is 1. The van der Waals surface area contributed by atoms with Gasteiger partial charge in [-0.05, 0) is 44.0 Å². The first-order valence-electron chi connectivity index (χ1n) is 11.3. The number of nitrogens with one attached hydrogen (secondary N) is 2. The Morgan fingerprint density at radius 2 is 1.92 bits per heavy atom. The summed E-state index contributed by atoms with van der Waals surface area (Å²) in [5.41, 5.74) is 12.0. The number of aromatic nitrogens is 2. The second kappa shape index (κ2) is 14.8. The molecule has 0 fully saturated rings. The normalized spacial score (nSPS) is 12.0. The number of ether oxygens (including phenoxy) is 1. The van der Waals surface area contributed by atoms with Crippen LogP contribution in [0.2, 0.25) is 10.0 Å². The molecule has 12 heteroatoms. The van der Waals surface area contributed by atoms with Crippen LogP contribution in [0.5, 0.6) is 0 Å². The Morgan fingerprint density at radius 3 is 2.56 bits per heavy atom. The van der Waals surface area contributed by atoms with E-state index in [1.54, 1.807) is 29.1 Å². The molecule has 6 N–H and O–H groups in total. The molecule has 0 saturated heterocycles. The number of carbonyl (C=O) groups is 2. The lowest BCUT2D eigenvalue weighted by Crippen LogP contribution is -2.42. The van der Waals surface area contributed by atoms with Gasteiger partial charge in [0.05, 0.1) is 12.8 Å². The molecule has 1 unspecified atom stereocenters. The number of halogens is 2. The van der Waals surface area contributed by atoms with Gasteiger partial charge in [-0.15, -0.1) is 0 Å². The van der Waals surface area contributed by atoms with E-state index in [4.69, 9.17) is 39.4 Å². The highest BCUT2D eigenvalue weighted by Gasteiger charge is 2.21. The van der Waals surface area contributed by atoms with E-state index in [9.17, 15) is 9.59 Å². The fourth-order valence-corrected chi connectivity index (χ4v) is 3.72. The standard InChI is InChI=1S/C24H31Cl2N7O3/c1-3-4-5-11-33-21(15-20(32-33)16-12-17(25)14-18(26)13-16)29-10-8-22(34)31-19(23(35)36-2)7-6-9-30-24(27)28/h3-5,11-15,19,29H,6-10H2,1-2H3,(H,31,34)(H4,27,28,30)/b4-3+,11-5+. The van der Waals surface area contributed by atoms with E-state index in [-0.39, 0.29) is 18.3 Å². The summed E-state index contributed by atoms with van der Waals surface area (Å²) in [6.45, 7) is 2.55. The summed E-state index contributed by atoms with van der Waals surface area (Å²) in [6, 6.07) is 6.24. The van der Waals surface area contributed by atoms with Gasteiger partial charge in [0.1, 0.15) is 11.9 Å². The number of esters is 1. The summed E-state index contributed by atoms with van der Waals surface area (Å²) < 4.78 is 6.45. The number of rotatable bonds is 13. The van der Waals surface area contributed by atoms with Crippen molar-refractivity contribution in [2.24, 2.45) is 16.5 Å². The molecule has 2 aromatic rings. The van der Waals surface area contributed by atoms with Crippen molar-refractivity contribution in [1.82, 2.24) is 15.1 Å². The number of hydrogen-bond acceptors (Lipinski definition) is 6. The predicted molar refractivity (Wildman–Crippen MR) is 145 cm³/mol. The number of benzene rings is 1. The molecular weight excluding hydrogens is 505 g/mol. The SMILES string of the molecule is C/C=C/C=C/n1nc(-c2cc(Cl)cc(Cl)c2)cc1NCCC(=O)NC(CCCN=C(N)N)C(=O)OC. The molecule has 1 aromatic heterocycles. The first-order valence-corrected chi connectivity index (χ1v) is 12.0. The molecule has 0 aliphatic rings. The Kier molecular flexibility index (Phi) is 11.8. The molecule has 1 atom stereocenters. The molecule has 1 amide bonds. The van der Waals surface area contributed by atoms with E-state index in [0.717, 1.165) is 5.56 Å². The highest BCUT2D eigenvalue weighted by atomic mass is 35.5. The summed E-state index contributed by atoms with van der Waals surface area (Å²) in [6.07, 6.45) is 8.34. The summed E-state index contributed by atoms with van der Waals surface area (Å²) in [7, 11) is 1.27. The van der Waals surface area contributed by atoms with E-state index in [0.29, 0.717) is 47.5 Å². The number of guanidine groups is 1. The molecule has 0 aliphatic heterocycles. The van der Waals surface area contributed by atoms with Gasteiger partial charge in [0.15, 0.2) is 5.96 Å². The smallest absolute Gasteiger partial charge is 0.328 e. The van der Waals surface area contributed by atoms with Crippen LogP contribution in [-0.2, 0) is 14.3 Å². The van der Waals surface area contributed by atoms with Gasteiger partial charge in [-0.25, -0.2) is 9.48 Å². The number of nitrogens with zero attached hydrogens (tertiary/aromatic N) is 3. The highest BCUT2D eigenvalue weighted by Crippen LogP contribution is 2.28. The second-order valence-electron chi connectivity index (χ2n) is 7.65. The second-order valence-corrected chi connectivity index (χ2v) is 8.53. The van der Waals surface area contributed by atoms with Crippen molar-refractivity contribution in [3.63, 3.8) is 0 Å². The molecule has 1 aromatic carbocycles. The third kappa shape index (κ3) is 9.63. The van der Waals surface area contributed by atoms with E-state index in [1.165, 1.54) is 7.11 Å². The number of nitrogens with two attached hydrogens (primary N) is 2. The molecule has 2 rings (SSSR count). The van der Waals surface area contributed by atoms with Crippen LogP contribution in [0, 0.1) is 0 Å². The largest absolute Gasteiger partial charge is 0.467 e. The van der Waals surface area contributed by atoms with Gasteiger partial charge in [0.25, 0.3) is 0 Å². The van der Waals surface area contributed by atoms with Gasteiger partial charge in [-0.1, -0.05) is 35.4 Å². The molecule has 36 heavy (non-hydrogen) atoms. The lowest BCUT2D eigenvalue weighted by atomic mass is 10.1. The van der Waals surface area contributed by atoms with Gasteiger partial charge in [-0.3, -0.25) is 9.79 Å². The zero-order chi connectivity index (χ0) is 26.5. The number of methoxy groups -OCH3 is 1. The van der Waals surface area contributed by atoms with Crippen LogP contribution in [0.3, 0.4) is 0 Å². The Bertz CT molecular complexity index is 1100.